The third-order valence-electron chi connectivity index (χ3n) is 4.82. The van der Waals surface area contributed by atoms with Crippen LogP contribution >= 0.6 is 0 Å². The molecule has 0 bridgehead atoms. The predicted molar refractivity (Wildman–Crippen MR) is 101 cm³/mol. The lowest BCUT2D eigenvalue weighted by Crippen LogP contribution is -2.21. The van der Waals surface area contributed by atoms with Gasteiger partial charge in [0.1, 0.15) is 11.5 Å². The van der Waals surface area contributed by atoms with Crippen LogP contribution in [0.4, 0.5) is 0 Å². The van der Waals surface area contributed by atoms with Crippen molar-refractivity contribution in [2.24, 2.45) is 5.73 Å². The highest BCUT2D eigenvalue weighted by molar-refractivity contribution is 5.89. The van der Waals surface area contributed by atoms with Crippen LogP contribution in [0.5, 0.6) is 11.5 Å². The third-order valence-corrected chi connectivity index (χ3v) is 4.82. The van der Waals surface area contributed by atoms with Crippen molar-refractivity contribution in [1.29, 1.82) is 5.26 Å². The number of methoxy groups -OCH3 is 1. The first-order chi connectivity index (χ1) is 12.7. The average molecular weight is 342 g/mol. The lowest BCUT2D eigenvalue weighted by molar-refractivity contribution is 0.389. The van der Waals surface area contributed by atoms with Crippen molar-refractivity contribution in [2.45, 2.75) is 12.3 Å². The molecule has 0 saturated heterocycles. The van der Waals surface area contributed by atoms with E-state index in [4.69, 9.17) is 15.2 Å². The molecular formula is C22H18N2O2. The maximum absolute atomic E-state index is 9.33. The van der Waals surface area contributed by atoms with Crippen molar-refractivity contribution in [3.05, 3.63) is 83.2 Å². The SMILES string of the molecule is COc1ccc(C2C(CC#N)=C(N)Oc3ccc4ccccc4c32)cc1. The van der Waals surface area contributed by atoms with Crippen LogP contribution in [0.15, 0.2) is 72.1 Å². The van der Waals surface area contributed by atoms with E-state index in [1.165, 1.54) is 0 Å². The summed E-state index contributed by atoms with van der Waals surface area (Å²) in [6.45, 7) is 0. The van der Waals surface area contributed by atoms with Crippen LogP contribution in [0.25, 0.3) is 10.8 Å². The molecule has 3 aromatic carbocycles. The smallest absolute Gasteiger partial charge is 0.192 e. The monoisotopic (exact) mass is 342 g/mol. The van der Waals surface area contributed by atoms with Gasteiger partial charge in [0.2, 0.25) is 0 Å². The van der Waals surface area contributed by atoms with Crippen molar-refractivity contribution >= 4 is 10.8 Å². The molecule has 1 aliphatic heterocycles. The average Bonchev–Trinajstić information content (AvgIpc) is 2.69. The Morgan fingerprint density at radius 1 is 1.08 bits per heavy atom. The van der Waals surface area contributed by atoms with Gasteiger partial charge in [-0.1, -0.05) is 42.5 Å². The zero-order chi connectivity index (χ0) is 18.1. The van der Waals surface area contributed by atoms with E-state index in [9.17, 15) is 5.26 Å². The summed E-state index contributed by atoms with van der Waals surface area (Å²) >= 11 is 0. The maximum atomic E-state index is 9.33. The van der Waals surface area contributed by atoms with Crippen LogP contribution in [0.3, 0.4) is 0 Å². The van der Waals surface area contributed by atoms with E-state index in [0.717, 1.165) is 39.0 Å². The van der Waals surface area contributed by atoms with Crippen LogP contribution in [-0.4, -0.2) is 7.11 Å². The molecular weight excluding hydrogens is 324 g/mol. The van der Waals surface area contributed by atoms with Crippen LogP contribution < -0.4 is 15.2 Å². The van der Waals surface area contributed by atoms with Gasteiger partial charge in [-0.3, -0.25) is 0 Å². The fraction of sp³-hybridized carbons (Fsp3) is 0.136. The number of ether oxygens (including phenoxy) is 2. The molecule has 0 saturated carbocycles. The van der Waals surface area contributed by atoms with Crippen LogP contribution in [0.2, 0.25) is 0 Å². The third kappa shape index (κ3) is 2.55. The molecule has 2 N–H and O–H groups in total. The quantitative estimate of drug-likeness (QED) is 0.763. The van der Waals surface area contributed by atoms with Gasteiger partial charge in [-0.2, -0.15) is 5.26 Å². The molecule has 0 spiro atoms. The summed E-state index contributed by atoms with van der Waals surface area (Å²) in [6.07, 6.45) is 0.213. The van der Waals surface area contributed by atoms with Gasteiger partial charge in [0.15, 0.2) is 5.88 Å². The topological polar surface area (TPSA) is 68.3 Å². The number of nitrogens with zero attached hydrogens (tertiary/aromatic N) is 1. The summed E-state index contributed by atoms with van der Waals surface area (Å²) in [5.74, 6) is 1.71. The second-order valence-electron chi connectivity index (χ2n) is 6.23. The molecule has 1 unspecified atom stereocenters. The Bertz CT molecular complexity index is 1050. The first kappa shape index (κ1) is 16.0. The molecule has 0 aromatic heterocycles. The Morgan fingerprint density at radius 3 is 2.58 bits per heavy atom. The van der Waals surface area contributed by atoms with Crippen LogP contribution in [0, 0.1) is 11.3 Å². The largest absolute Gasteiger partial charge is 0.497 e. The van der Waals surface area contributed by atoms with Gasteiger partial charge in [0.25, 0.3) is 0 Å². The van der Waals surface area contributed by atoms with E-state index in [0.29, 0.717) is 5.88 Å². The minimum atomic E-state index is -0.129. The molecule has 1 atom stereocenters. The summed E-state index contributed by atoms with van der Waals surface area (Å²) in [5.41, 5.74) is 9.09. The Kier molecular flexibility index (Phi) is 3.98. The predicted octanol–water partition coefficient (Wildman–Crippen LogP) is 4.46. The zero-order valence-corrected chi connectivity index (χ0v) is 14.4. The molecule has 0 amide bonds. The molecule has 1 heterocycles. The van der Waals surface area contributed by atoms with Gasteiger partial charge in [-0.25, -0.2) is 0 Å². The fourth-order valence-electron chi connectivity index (χ4n) is 3.60. The van der Waals surface area contributed by atoms with Crippen molar-refractivity contribution in [3.8, 4) is 17.6 Å². The fourth-order valence-corrected chi connectivity index (χ4v) is 3.60. The molecule has 0 fully saturated rings. The Hall–Kier alpha value is -3.45. The highest BCUT2D eigenvalue weighted by Gasteiger charge is 2.31. The molecule has 0 aliphatic carbocycles. The van der Waals surface area contributed by atoms with Gasteiger partial charge < -0.3 is 15.2 Å². The Morgan fingerprint density at radius 2 is 1.85 bits per heavy atom. The van der Waals surface area contributed by atoms with E-state index in [1.54, 1.807) is 7.11 Å². The zero-order valence-electron chi connectivity index (χ0n) is 14.4. The van der Waals surface area contributed by atoms with E-state index in [2.05, 4.69) is 18.2 Å². The molecule has 3 aromatic rings. The van der Waals surface area contributed by atoms with Crippen molar-refractivity contribution < 1.29 is 9.47 Å². The molecule has 26 heavy (non-hydrogen) atoms. The highest BCUT2D eigenvalue weighted by atomic mass is 16.5. The van der Waals surface area contributed by atoms with Crippen LogP contribution in [0.1, 0.15) is 23.5 Å². The number of benzene rings is 3. The number of rotatable bonds is 3. The minimum Gasteiger partial charge on any atom is -0.497 e. The first-order valence-corrected chi connectivity index (χ1v) is 8.42. The number of nitrogens with two attached hydrogens (primary N) is 1. The Balaban J connectivity index is 1.99. The standard InChI is InChI=1S/C22H18N2O2/c1-25-16-9-6-15(7-10-16)20-18(12-13-23)22(24)26-19-11-8-14-4-2-3-5-17(14)21(19)20/h2-11,20H,12,24H2,1H3. The first-order valence-electron chi connectivity index (χ1n) is 8.42. The van der Waals surface area contributed by atoms with Crippen molar-refractivity contribution in [2.75, 3.05) is 7.11 Å². The van der Waals surface area contributed by atoms with Gasteiger partial charge in [0.05, 0.1) is 19.6 Å². The molecule has 4 rings (SSSR count). The van der Waals surface area contributed by atoms with Gasteiger partial charge in [-0.15, -0.1) is 0 Å². The second kappa shape index (κ2) is 6.45. The van der Waals surface area contributed by atoms with E-state index in [1.807, 2.05) is 48.5 Å². The van der Waals surface area contributed by atoms with Crippen LogP contribution in [-0.2, 0) is 0 Å². The number of hydrogen-bond acceptors (Lipinski definition) is 4. The highest BCUT2D eigenvalue weighted by Crippen LogP contribution is 2.46. The number of hydrogen-bond donors (Lipinski definition) is 1. The van der Waals surface area contributed by atoms with Crippen molar-refractivity contribution in [1.82, 2.24) is 0 Å². The van der Waals surface area contributed by atoms with Gasteiger partial charge in [-0.05, 0) is 34.5 Å². The lowest BCUT2D eigenvalue weighted by atomic mass is 9.80. The maximum Gasteiger partial charge on any atom is 0.192 e. The minimum absolute atomic E-state index is 0.129. The van der Waals surface area contributed by atoms with Crippen molar-refractivity contribution in [3.63, 3.8) is 0 Å². The summed E-state index contributed by atoms with van der Waals surface area (Å²) in [4.78, 5) is 0. The van der Waals surface area contributed by atoms with E-state index < -0.39 is 0 Å². The number of allylic oxidation sites excluding steroid dienone is 1. The summed E-state index contributed by atoms with van der Waals surface area (Å²) in [6, 6.07) is 22.3. The van der Waals surface area contributed by atoms with E-state index >= 15 is 0 Å². The second-order valence-corrected chi connectivity index (χ2v) is 6.23. The molecule has 4 nitrogen and oxygen atoms in total. The summed E-state index contributed by atoms with van der Waals surface area (Å²) in [5, 5.41) is 11.6. The molecule has 0 radical (unpaired) electrons. The molecule has 128 valence electrons. The number of nitriles is 1. The molecule has 1 aliphatic rings. The summed E-state index contributed by atoms with van der Waals surface area (Å²) < 4.78 is 11.2. The van der Waals surface area contributed by atoms with Gasteiger partial charge in [0, 0.05) is 17.1 Å². The normalized spacial score (nSPS) is 15.9. The lowest BCUT2D eigenvalue weighted by Gasteiger charge is -2.30. The van der Waals surface area contributed by atoms with Gasteiger partial charge >= 0.3 is 0 Å². The van der Waals surface area contributed by atoms with E-state index in [-0.39, 0.29) is 12.3 Å². The Labute approximate surface area is 152 Å². The molecule has 4 heteroatoms. The summed E-state index contributed by atoms with van der Waals surface area (Å²) in [7, 11) is 1.64. The number of fused-ring (bicyclic) bond motifs is 3.